The van der Waals surface area contributed by atoms with Crippen molar-refractivity contribution in [3.63, 3.8) is 0 Å². The van der Waals surface area contributed by atoms with Crippen LogP contribution in [0.5, 0.6) is 5.75 Å². The summed E-state index contributed by atoms with van der Waals surface area (Å²) in [5.74, 6) is 1.94. The summed E-state index contributed by atoms with van der Waals surface area (Å²) in [6, 6.07) is 11.8. The number of rotatable bonds is 8. The predicted octanol–water partition coefficient (Wildman–Crippen LogP) is 6.20. The summed E-state index contributed by atoms with van der Waals surface area (Å²) < 4.78 is 7.23. The van der Waals surface area contributed by atoms with E-state index in [0.717, 1.165) is 54.6 Å². The first-order valence-corrected chi connectivity index (χ1v) is 13.8. The lowest BCUT2D eigenvalue weighted by Crippen LogP contribution is -2.43. The van der Waals surface area contributed by atoms with Gasteiger partial charge < -0.3 is 20.3 Å². The van der Waals surface area contributed by atoms with E-state index in [1.54, 1.807) is 7.11 Å². The van der Waals surface area contributed by atoms with Crippen molar-refractivity contribution in [1.82, 2.24) is 25.0 Å². The molecule has 0 bridgehead atoms. The number of allylic oxidation sites excluding steroid dienone is 2. The van der Waals surface area contributed by atoms with E-state index in [9.17, 15) is 4.79 Å². The lowest BCUT2D eigenvalue weighted by atomic mass is 10.1. The second kappa shape index (κ2) is 11.9. The van der Waals surface area contributed by atoms with E-state index in [0.29, 0.717) is 35.5 Å². The third-order valence-electron chi connectivity index (χ3n) is 7.36. The summed E-state index contributed by atoms with van der Waals surface area (Å²) in [5, 5.41) is 11.7. The van der Waals surface area contributed by atoms with E-state index >= 15 is 0 Å². The zero-order valence-electron chi connectivity index (χ0n) is 22.7. The standard InChI is InChI=1S/C30H35ClN6O2/c1-20-8-10-26(21(2)18-20)33-30(38)36(24-6-4-5-7-24)16-17-37-29(23-9-11-27(39-3)25(31)19-23)34-28(35-37)22-12-14-32-15-13-22/h8-14,18-19,24,32H,4-7,15-17H2,1-3H3,(H,33,38). The lowest BCUT2D eigenvalue weighted by Gasteiger charge is -2.29. The number of methoxy groups -OCH3 is 1. The summed E-state index contributed by atoms with van der Waals surface area (Å²) in [6.07, 6.45) is 10.2. The van der Waals surface area contributed by atoms with Gasteiger partial charge in [0.25, 0.3) is 0 Å². The maximum Gasteiger partial charge on any atom is 0.322 e. The first-order valence-electron chi connectivity index (χ1n) is 13.5. The van der Waals surface area contributed by atoms with Crippen molar-refractivity contribution >= 4 is 28.9 Å². The fourth-order valence-electron chi connectivity index (χ4n) is 5.27. The fraction of sp³-hybridized carbons (Fsp3) is 0.367. The van der Waals surface area contributed by atoms with Crippen molar-refractivity contribution in [2.45, 2.75) is 52.1 Å². The van der Waals surface area contributed by atoms with E-state index in [1.165, 1.54) is 5.56 Å². The Morgan fingerprint density at radius 3 is 2.72 bits per heavy atom. The number of ether oxygens (including phenoxy) is 1. The van der Waals surface area contributed by atoms with Gasteiger partial charge in [-0.2, -0.15) is 5.10 Å². The van der Waals surface area contributed by atoms with Crippen LogP contribution in [0.1, 0.15) is 42.6 Å². The number of nitrogens with zero attached hydrogens (tertiary/aromatic N) is 4. The van der Waals surface area contributed by atoms with Crippen LogP contribution in [-0.2, 0) is 6.54 Å². The van der Waals surface area contributed by atoms with Crippen molar-refractivity contribution in [2.24, 2.45) is 0 Å². The molecule has 2 aliphatic rings. The number of aryl methyl sites for hydroxylation is 2. The smallest absolute Gasteiger partial charge is 0.322 e. The molecule has 2 amide bonds. The topological polar surface area (TPSA) is 84.3 Å². The van der Waals surface area contributed by atoms with E-state index in [1.807, 2.05) is 59.1 Å². The van der Waals surface area contributed by atoms with Crippen LogP contribution in [0.25, 0.3) is 17.0 Å². The Morgan fingerprint density at radius 2 is 2.03 bits per heavy atom. The quantitative estimate of drug-likeness (QED) is 0.351. The van der Waals surface area contributed by atoms with Gasteiger partial charge in [-0.05, 0) is 68.8 Å². The SMILES string of the molecule is COc1ccc(-c2nc(C3=CCNC=C3)nn2CCN(C(=O)Nc2ccc(C)cc2C)C2CCCC2)cc1Cl. The highest BCUT2D eigenvalue weighted by atomic mass is 35.5. The first-order chi connectivity index (χ1) is 18.9. The summed E-state index contributed by atoms with van der Waals surface area (Å²) in [5.41, 5.74) is 4.86. The number of amides is 2. The van der Waals surface area contributed by atoms with Gasteiger partial charge in [0.1, 0.15) is 5.75 Å². The minimum atomic E-state index is -0.0766. The molecule has 0 atom stereocenters. The van der Waals surface area contributed by atoms with Gasteiger partial charge in [0.05, 0.1) is 18.7 Å². The molecule has 5 rings (SSSR count). The second-order valence-corrected chi connectivity index (χ2v) is 10.5. The van der Waals surface area contributed by atoms with Gasteiger partial charge in [-0.3, -0.25) is 0 Å². The molecular weight excluding hydrogens is 512 g/mol. The summed E-state index contributed by atoms with van der Waals surface area (Å²) in [7, 11) is 1.60. The van der Waals surface area contributed by atoms with Crippen LogP contribution in [0.3, 0.4) is 0 Å². The number of urea groups is 1. The average molecular weight is 547 g/mol. The van der Waals surface area contributed by atoms with Gasteiger partial charge >= 0.3 is 6.03 Å². The Labute approximate surface area is 234 Å². The first kappa shape index (κ1) is 26.8. The zero-order valence-corrected chi connectivity index (χ0v) is 23.5. The molecule has 1 aliphatic carbocycles. The molecule has 1 aromatic heterocycles. The molecular formula is C30H35ClN6O2. The van der Waals surface area contributed by atoms with Gasteiger partial charge in [0.15, 0.2) is 11.6 Å². The Balaban J connectivity index is 1.43. The van der Waals surface area contributed by atoms with Crippen LogP contribution in [0.4, 0.5) is 10.5 Å². The highest BCUT2D eigenvalue weighted by Crippen LogP contribution is 2.31. The molecule has 204 valence electrons. The number of nitrogens with one attached hydrogen (secondary N) is 2. The lowest BCUT2D eigenvalue weighted by molar-refractivity contribution is 0.184. The van der Waals surface area contributed by atoms with Crippen LogP contribution in [-0.4, -0.2) is 51.9 Å². The Hall–Kier alpha value is -3.78. The molecule has 39 heavy (non-hydrogen) atoms. The molecule has 0 unspecified atom stereocenters. The molecule has 2 N–H and O–H groups in total. The van der Waals surface area contributed by atoms with Crippen molar-refractivity contribution in [2.75, 3.05) is 25.5 Å². The predicted molar refractivity (Wildman–Crippen MR) is 156 cm³/mol. The number of hydrogen-bond acceptors (Lipinski definition) is 5. The molecule has 8 nitrogen and oxygen atoms in total. The Kier molecular flexibility index (Phi) is 8.21. The van der Waals surface area contributed by atoms with Crippen LogP contribution in [0.2, 0.25) is 5.02 Å². The molecule has 9 heteroatoms. The highest BCUT2D eigenvalue weighted by molar-refractivity contribution is 6.32. The summed E-state index contributed by atoms with van der Waals surface area (Å²) in [4.78, 5) is 20.5. The number of hydrogen-bond donors (Lipinski definition) is 2. The number of benzene rings is 2. The normalized spacial score (nSPS) is 15.1. The van der Waals surface area contributed by atoms with E-state index in [-0.39, 0.29) is 12.1 Å². The fourth-order valence-corrected chi connectivity index (χ4v) is 5.53. The van der Waals surface area contributed by atoms with Gasteiger partial charge in [-0.1, -0.05) is 48.2 Å². The molecule has 1 saturated carbocycles. The molecule has 0 spiro atoms. The molecule has 0 radical (unpaired) electrons. The molecule has 1 fully saturated rings. The zero-order chi connectivity index (χ0) is 27.4. The van der Waals surface area contributed by atoms with E-state index in [2.05, 4.69) is 29.7 Å². The van der Waals surface area contributed by atoms with Crippen molar-refractivity contribution in [3.8, 4) is 17.1 Å². The van der Waals surface area contributed by atoms with Crippen molar-refractivity contribution in [3.05, 3.63) is 76.7 Å². The number of carbonyl (C=O) groups excluding carboxylic acids is 1. The Bertz CT molecular complexity index is 1410. The van der Waals surface area contributed by atoms with E-state index < -0.39 is 0 Å². The minimum Gasteiger partial charge on any atom is -0.495 e. The molecule has 2 aromatic carbocycles. The van der Waals surface area contributed by atoms with Crippen LogP contribution < -0.4 is 15.4 Å². The monoisotopic (exact) mass is 546 g/mol. The van der Waals surface area contributed by atoms with Crippen LogP contribution >= 0.6 is 11.6 Å². The maximum absolute atomic E-state index is 13.6. The third kappa shape index (κ3) is 6.11. The number of aromatic nitrogens is 3. The maximum atomic E-state index is 13.6. The van der Waals surface area contributed by atoms with E-state index in [4.69, 9.17) is 26.4 Å². The van der Waals surface area contributed by atoms with Gasteiger partial charge in [0.2, 0.25) is 0 Å². The van der Waals surface area contributed by atoms with Crippen LogP contribution in [0.15, 0.2) is 54.8 Å². The third-order valence-corrected chi connectivity index (χ3v) is 7.66. The number of anilines is 1. The van der Waals surface area contributed by atoms with Gasteiger partial charge in [-0.15, -0.1) is 0 Å². The minimum absolute atomic E-state index is 0.0766. The number of carbonyl (C=O) groups is 1. The average Bonchev–Trinajstić information content (AvgIpc) is 3.62. The van der Waals surface area contributed by atoms with Gasteiger partial charge in [0, 0.05) is 36.0 Å². The van der Waals surface area contributed by atoms with Crippen molar-refractivity contribution in [1.29, 1.82) is 0 Å². The number of dihydropyridines is 1. The highest BCUT2D eigenvalue weighted by Gasteiger charge is 2.28. The van der Waals surface area contributed by atoms with Crippen molar-refractivity contribution < 1.29 is 9.53 Å². The molecule has 2 heterocycles. The van der Waals surface area contributed by atoms with Crippen LogP contribution in [0, 0.1) is 13.8 Å². The second-order valence-electron chi connectivity index (χ2n) is 10.1. The Morgan fingerprint density at radius 1 is 1.21 bits per heavy atom. The largest absolute Gasteiger partial charge is 0.495 e. The summed E-state index contributed by atoms with van der Waals surface area (Å²) >= 11 is 6.47. The number of halogens is 1. The molecule has 0 saturated heterocycles. The molecule has 3 aromatic rings. The molecule has 1 aliphatic heterocycles. The summed E-state index contributed by atoms with van der Waals surface area (Å²) in [6.45, 7) is 5.81. The van der Waals surface area contributed by atoms with Gasteiger partial charge in [-0.25, -0.2) is 14.5 Å².